The Hall–Kier alpha value is -2.80. The van der Waals surface area contributed by atoms with Crippen LogP contribution in [0.3, 0.4) is 0 Å². The van der Waals surface area contributed by atoms with Crippen molar-refractivity contribution in [2.24, 2.45) is 0 Å². The third-order valence-corrected chi connectivity index (χ3v) is 2.67. The standard InChI is InChI=1S/C16H9F2NO/c17-14-7-3-11(9-15(14)18)4-8-16(20)13-5-1-12(10-19)2-6-13/h1-9H/b8-4+. The lowest BCUT2D eigenvalue weighted by Gasteiger charge is -1.97. The summed E-state index contributed by atoms with van der Waals surface area (Å²) in [4.78, 5) is 11.8. The first-order chi connectivity index (χ1) is 9.60. The summed E-state index contributed by atoms with van der Waals surface area (Å²) in [6.45, 7) is 0. The lowest BCUT2D eigenvalue weighted by atomic mass is 10.1. The number of nitrogens with zero attached hydrogens (tertiary/aromatic N) is 1. The molecule has 0 aliphatic rings. The molecule has 2 nitrogen and oxygen atoms in total. The molecule has 0 aliphatic heterocycles. The van der Waals surface area contributed by atoms with Crippen LogP contribution in [0.5, 0.6) is 0 Å². The zero-order valence-electron chi connectivity index (χ0n) is 10.3. The Bertz CT molecular complexity index is 712. The van der Waals surface area contributed by atoms with E-state index in [0.29, 0.717) is 16.7 Å². The lowest BCUT2D eigenvalue weighted by molar-refractivity contribution is 0.104. The molecule has 0 heterocycles. The van der Waals surface area contributed by atoms with E-state index in [9.17, 15) is 13.6 Å². The highest BCUT2D eigenvalue weighted by molar-refractivity contribution is 6.06. The van der Waals surface area contributed by atoms with Gasteiger partial charge in [0, 0.05) is 5.56 Å². The number of rotatable bonds is 3. The van der Waals surface area contributed by atoms with Gasteiger partial charge >= 0.3 is 0 Å². The van der Waals surface area contributed by atoms with E-state index in [1.807, 2.05) is 6.07 Å². The maximum atomic E-state index is 13.0. The Balaban J connectivity index is 2.15. The minimum Gasteiger partial charge on any atom is -0.289 e. The first-order valence-electron chi connectivity index (χ1n) is 5.78. The monoisotopic (exact) mass is 269 g/mol. The number of carbonyl (C=O) groups excluding carboxylic acids is 1. The van der Waals surface area contributed by atoms with Crippen LogP contribution in [-0.2, 0) is 0 Å². The highest BCUT2D eigenvalue weighted by Gasteiger charge is 2.03. The number of allylic oxidation sites excluding steroid dienone is 1. The van der Waals surface area contributed by atoms with Crippen molar-refractivity contribution in [3.8, 4) is 6.07 Å². The molecule has 0 amide bonds. The molecule has 0 fully saturated rings. The first kappa shape index (κ1) is 13.6. The van der Waals surface area contributed by atoms with E-state index in [2.05, 4.69) is 0 Å². The quantitative estimate of drug-likeness (QED) is 0.629. The van der Waals surface area contributed by atoms with Gasteiger partial charge in [0.1, 0.15) is 0 Å². The Kier molecular flexibility index (Phi) is 4.02. The fourth-order valence-corrected chi connectivity index (χ4v) is 1.59. The molecule has 0 N–H and O–H groups in total. The van der Waals surface area contributed by atoms with Crippen LogP contribution < -0.4 is 0 Å². The molecule has 0 aliphatic carbocycles. The maximum absolute atomic E-state index is 13.0. The van der Waals surface area contributed by atoms with E-state index >= 15 is 0 Å². The average molecular weight is 269 g/mol. The molecule has 0 saturated carbocycles. The Labute approximate surface area is 114 Å². The van der Waals surface area contributed by atoms with Gasteiger partial charge in [-0.05, 0) is 48.0 Å². The molecule has 2 rings (SSSR count). The molecule has 0 unspecified atom stereocenters. The van der Waals surface area contributed by atoms with Crippen LogP contribution in [0.15, 0.2) is 48.5 Å². The number of nitriles is 1. The van der Waals surface area contributed by atoms with Crippen LogP contribution >= 0.6 is 0 Å². The summed E-state index contributed by atoms with van der Waals surface area (Å²) in [7, 11) is 0. The summed E-state index contributed by atoms with van der Waals surface area (Å²) < 4.78 is 25.7. The highest BCUT2D eigenvalue weighted by Crippen LogP contribution is 2.11. The highest BCUT2D eigenvalue weighted by atomic mass is 19.2. The predicted octanol–water partition coefficient (Wildman–Crippen LogP) is 3.73. The Morgan fingerprint density at radius 3 is 2.35 bits per heavy atom. The summed E-state index contributed by atoms with van der Waals surface area (Å²) in [5.41, 5.74) is 1.28. The molecular weight excluding hydrogens is 260 g/mol. The summed E-state index contributed by atoms with van der Waals surface area (Å²) in [6.07, 6.45) is 2.68. The van der Waals surface area contributed by atoms with E-state index < -0.39 is 11.6 Å². The zero-order chi connectivity index (χ0) is 14.5. The molecule has 0 bridgehead atoms. The number of hydrogen-bond acceptors (Lipinski definition) is 2. The molecule has 0 saturated heterocycles. The van der Waals surface area contributed by atoms with E-state index in [1.165, 1.54) is 30.4 Å². The number of carbonyl (C=O) groups is 1. The van der Waals surface area contributed by atoms with Gasteiger partial charge < -0.3 is 0 Å². The molecule has 0 aromatic heterocycles. The van der Waals surface area contributed by atoms with Crippen molar-refractivity contribution in [3.63, 3.8) is 0 Å². The second kappa shape index (κ2) is 5.89. The fourth-order valence-electron chi connectivity index (χ4n) is 1.59. The molecule has 0 radical (unpaired) electrons. The number of benzene rings is 2. The topological polar surface area (TPSA) is 40.9 Å². The van der Waals surface area contributed by atoms with Gasteiger partial charge in [-0.3, -0.25) is 4.79 Å². The second-order valence-electron chi connectivity index (χ2n) is 4.06. The van der Waals surface area contributed by atoms with Gasteiger partial charge in [0.15, 0.2) is 17.4 Å². The van der Waals surface area contributed by atoms with Crippen molar-refractivity contribution in [2.75, 3.05) is 0 Å². The van der Waals surface area contributed by atoms with E-state index in [-0.39, 0.29) is 5.78 Å². The van der Waals surface area contributed by atoms with Crippen molar-refractivity contribution in [3.05, 3.63) is 76.9 Å². The van der Waals surface area contributed by atoms with Crippen LogP contribution in [0.1, 0.15) is 21.5 Å². The van der Waals surface area contributed by atoms with Gasteiger partial charge in [-0.15, -0.1) is 0 Å². The molecule has 2 aromatic rings. The molecular formula is C16H9F2NO. The van der Waals surface area contributed by atoms with Gasteiger partial charge in [-0.25, -0.2) is 8.78 Å². The van der Waals surface area contributed by atoms with Gasteiger partial charge in [0.2, 0.25) is 0 Å². The zero-order valence-corrected chi connectivity index (χ0v) is 10.3. The third kappa shape index (κ3) is 3.15. The summed E-state index contributed by atoms with van der Waals surface area (Å²) in [6, 6.07) is 11.5. The van der Waals surface area contributed by atoms with Crippen LogP contribution in [0, 0.1) is 23.0 Å². The van der Waals surface area contributed by atoms with Crippen molar-refractivity contribution in [2.45, 2.75) is 0 Å². The minimum absolute atomic E-state index is 0.278. The summed E-state index contributed by atoms with van der Waals surface area (Å²) in [5.74, 6) is -2.17. The van der Waals surface area contributed by atoms with E-state index in [0.717, 1.165) is 12.1 Å². The second-order valence-corrected chi connectivity index (χ2v) is 4.06. The fraction of sp³-hybridized carbons (Fsp3) is 0. The van der Waals surface area contributed by atoms with Crippen molar-refractivity contribution < 1.29 is 13.6 Å². The van der Waals surface area contributed by atoms with Crippen LogP contribution in [-0.4, -0.2) is 5.78 Å². The molecule has 98 valence electrons. The Morgan fingerprint density at radius 2 is 1.75 bits per heavy atom. The average Bonchev–Trinajstić information content (AvgIpc) is 2.48. The van der Waals surface area contributed by atoms with Crippen LogP contribution in [0.2, 0.25) is 0 Å². The third-order valence-electron chi connectivity index (χ3n) is 2.67. The smallest absolute Gasteiger partial charge is 0.185 e. The molecule has 0 spiro atoms. The maximum Gasteiger partial charge on any atom is 0.185 e. The van der Waals surface area contributed by atoms with Gasteiger partial charge in [0.05, 0.1) is 11.6 Å². The van der Waals surface area contributed by atoms with Crippen molar-refractivity contribution in [1.29, 1.82) is 5.26 Å². The predicted molar refractivity (Wildman–Crippen MR) is 70.9 cm³/mol. The lowest BCUT2D eigenvalue weighted by Crippen LogP contribution is -1.94. The van der Waals surface area contributed by atoms with E-state index in [4.69, 9.17) is 5.26 Å². The van der Waals surface area contributed by atoms with Crippen molar-refractivity contribution >= 4 is 11.9 Å². The van der Waals surface area contributed by atoms with Crippen molar-refractivity contribution in [1.82, 2.24) is 0 Å². The largest absolute Gasteiger partial charge is 0.289 e. The molecule has 0 atom stereocenters. The summed E-state index contributed by atoms with van der Waals surface area (Å²) >= 11 is 0. The van der Waals surface area contributed by atoms with Gasteiger partial charge in [0.25, 0.3) is 0 Å². The number of hydrogen-bond donors (Lipinski definition) is 0. The summed E-state index contributed by atoms with van der Waals surface area (Å²) in [5, 5.41) is 8.65. The van der Waals surface area contributed by atoms with Crippen LogP contribution in [0.25, 0.3) is 6.08 Å². The van der Waals surface area contributed by atoms with Gasteiger partial charge in [-0.1, -0.05) is 12.1 Å². The number of halogens is 2. The van der Waals surface area contributed by atoms with Crippen LogP contribution in [0.4, 0.5) is 8.78 Å². The van der Waals surface area contributed by atoms with Gasteiger partial charge in [-0.2, -0.15) is 5.26 Å². The SMILES string of the molecule is N#Cc1ccc(C(=O)/C=C/c2ccc(F)c(F)c2)cc1. The Morgan fingerprint density at radius 1 is 1.05 bits per heavy atom. The normalized spacial score (nSPS) is 10.4. The molecule has 20 heavy (non-hydrogen) atoms. The number of ketones is 1. The van der Waals surface area contributed by atoms with E-state index in [1.54, 1.807) is 12.1 Å². The molecule has 4 heteroatoms. The first-order valence-corrected chi connectivity index (χ1v) is 5.78. The minimum atomic E-state index is -0.960. The molecule has 2 aromatic carbocycles.